The highest BCUT2D eigenvalue weighted by atomic mass is 19.1. The molecule has 1 atom stereocenters. The Morgan fingerprint density at radius 3 is 2.73 bits per heavy atom. The molecule has 0 saturated heterocycles. The molecule has 1 aromatic heterocycles. The molecule has 2 rings (SSSR count). The van der Waals surface area contributed by atoms with Crippen LogP contribution in [0.15, 0.2) is 36.7 Å². The molecule has 2 aromatic rings. The Labute approximate surface area is 127 Å². The topological polar surface area (TPSA) is 76.1 Å². The van der Waals surface area contributed by atoms with Gasteiger partial charge >= 0.3 is 0 Å². The van der Waals surface area contributed by atoms with Gasteiger partial charge in [0.2, 0.25) is 11.8 Å². The Kier molecular flexibility index (Phi) is 5.24. The third kappa shape index (κ3) is 5.01. The Balaban J connectivity index is 1.97. The summed E-state index contributed by atoms with van der Waals surface area (Å²) in [6.45, 7) is 3.84. The summed E-state index contributed by atoms with van der Waals surface area (Å²) in [4.78, 5) is 19.2. The van der Waals surface area contributed by atoms with Gasteiger partial charge in [0.25, 0.3) is 0 Å². The quantitative estimate of drug-likeness (QED) is 0.856. The number of halogens is 1. The normalized spacial score (nSPS) is 11.6. The smallest absolute Gasteiger partial charge is 0.239 e. The Morgan fingerprint density at radius 1 is 1.32 bits per heavy atom. The molecular formula is C15H17FN4O2. The Hall–Kier alpha value is -2.70. The van der Waals surface area contributed by atoms with E-state index in [-0.39, 0.29) is 17.8 Å². The van der Waals surface area contributed by atoms with Crippen molar-refractivity contribution < 1.29 is 13.9 Å². The number of nitrogens with zero attached hydrogens (tertiary/aromatic N) is 2. The standard InChI is InChI=1S/C15H17FN4O2/c1-10(7-18-11(2)21)19-14-8-17-9-15(20-14)22-13-5-3-12(16)4-6-13/h3-6,8-10H,7H2,1-2H3,(H,18,21)(H,19,20). The fourth-order valence-corrected chi connectivity index (χ4v) is 1.69. The van der Waals surface area contributed by atoms with Crippen molar-refractivity contribution in [1.82, 2.24) is 15.3 Å². The van der Waals surface area contributed by atoms with Crippen molar-refractivity contribution in [2.45, 2.75) is 19.9 Å². The number of carbonyl (C=O) groups excluding carboxylic acids is 1. The van der Waals surface area contributed by atoms with E-state index >= 15 is 0 Å². The largest absolute Gasteiger partial charge is 0.437 e. The van der Waals surface area contributed by atoms with Crippen molar-refractivity contribution in [3.05, 3.63) is 42.5 Å². The Bertz CT molecular complexity index is 634. The zero-order chi connectivity index (χ0) is 15.9. The number of benzene rings is 1. The molecule has 1 amide bonds. The summed E-state index contributed by atoms with van der Waals surface area (Å²) >= 11 is 0. The second kappa shape index (κ2) is 7.35. The summed E-state index contributed by atoms with van der Waals surface area (Å²) in [7, 11) is 0. The molecule has 0 fully saturated rings. The van der Waals surface area contributed by atoms with Gasteiger partial charge in [0, 0.05) is 19.5 Å². The van der Waals surface area contributed by atoms with E-state index in [9.17, 15) is 9.18 Å². The molecule has 0 aliphatic carbocycles. The first-order valence-corrected chi connectivity index (χ1v) is 6.79. The minimum absolute atomic E-state index is 0.0146. The molecule has 0 aliphatic rings. The van der Waals surface area contributed by atoms with E-state index in [1.54, 1.807) is 6.20 Å². The van der Waals surface area contributed by atoms with Gasteiger partial charge < -0.3 is 15.4 Å². The molecule has 116 valence electrons. The van der Waals surface area contributed by atoms with Crippen LogP contribution in [0.1, 0.15) is 13.8 Å². The molecule has 0 saturated carbocycles. The summed E-state index contributed by atoms with van der Waals surface area (Å²) in [5, 5.41) is 5.81. The first kappa shape index (κ1) is 15.7. The van der Waals surface area contributed by atoms with Gasteiger partial charge in [-0.05, 0) is 31.2 Å². The molecule has 0 bridgehead atoms. The van der Waals surface area contributed by atoms with Gasteiger partial charge in [-0.2, -0.15) is 4.98 Å². The molecule has 2 N–H and O–H groups in total. The van der Waals surface area contributed by atoms with Crippen LogP contribution in [0.25, 0.3) is 0 Å². The Morgan fingerprint density at radius 2 is 2.05 bits per heavy atom. The van der Waals surface area contributed by atoms with E-state index < -0.39 is 0 Å². The van der Waals surface area contributed by atoms with Gasteiger partial charge in [-0.1, -0.05) is 0 Å². The van der Waals surface area contributed by atoms with Crippen molar-refractivity contribution in [1.29, 1.82) is 0 Å². The van der Waals surface area contributed by atoms with Crippen LogP contribution >= 0.6 is 0 Å². The number of rotatable bonds is 6. The number of carbonyl (C=O) groups is 1. The van der Waals surface area contributed by atoms with Crippen LogP contribution in [0.5, 0.6) is 11.6 Å². The number of amides is 1. The molecular weight excluding hydrogens is 287 g/mol. The number of ether oxygens (including phenoxy) is 1. The van der Waals surface area contributed by atoms with Crippen LogP contribution in [0.2, 0.25) is 0 Å². The highest BCUT2D eigenvalue weighted by molar-refractivity contribution is 5.72. The molecule has 1 unspecified atom stereocenters. The number of hydrogen-bond donors (Lipinski definition) is 2. The maximum absolute atomic E-state index is 12.8. The van der Waals surface area contributed by atoms with Crippen LogP contribution in [-0.4, -0.2) is 28.5 Å². The monoisotopic (exact) mass is 304 g/mol. The minimum Gasteiger partial charge on any atom is -0.437 e. The highest BCUT2D eigenvalue weighted by Gasteiger charge is 2.06. The fourth-order valence-electron chi connectivity index (χ4n) is 1.69. The van der Waals surface area contributed by atoms with E-state index in [4.69, 9.17) is 4.74 Å². The van der Waals surface area contributed by atoms with Gasteiger partial charge in [0.05, 0.1) is 12.4 Å². The van der Waals surface area contributed by atoms with Crippen LogP contribution in [0.3, 0.4) is 0 Å². The van der Waals surface area contributed by atoms with Crippen molar-refractivity contribution in [3.63, 3.8) is 0 Å². The molecule has 22 heavy (non-hydrogen) atoms. The fraction of sp³-hybridized carbons (Fsp3) is 0.267. The zero-order valence-electron chi connectivity index (χ0n) is 12.3. The van der Waals surface area contributed by atoms with Gasteiger partial charge in [0.1, 0.15) is 17.4 Å². The second-order valence-electron chi connectivity index (χ2n) is 4.78. The van der Waals surface area contributed by atoms with E-state index in [0.29, 0.717) is 24.0 Å². The van der Waals surface area contributed by atoms with E-state index in [1.165, 1.54) is 37.4 Å². The van der Waals surface area contributed by atoms with Gasteiger partial charge in [-0.3, -0.25) is 9.78 Å². The minimum atomic E-state index is -0.333. The number of nitrogens with one attached hydrogen (secondary N) is 2. The van der Waals surface area contributed by atoms with E-state index in [1.807, 2.05) is 6.92 Å². The predicted octanol–water partition coefficient (Wildman–Crippen LogP) is 2.34. The lowest BCUT2D eigenvalue weighted by Crippen LogP contribution is -2.33. The van der Waals surface area contributed by atoms with Crippen LogP contribution in [0, 0.1) is 5.82 Å². The molecule has 1 heterocycles. The predicted molar refractivity (Wildman–Crippen MR) is 80.3 cm³/mol. The maximum atomic E-state index is 12.8. The first-order valence-electron chi connectivity index (χ1n) is 6.79. The average molecular weight is 304 g/mol. The number of hydrogen-bond acceptors (Lipinski definition) is 5. The third-order valence-electron chi connectivity index (χ3n) is 2.70. The summed E-state index contributed by atoms with van der Waals surface area (Å²) < 4.78 is 18.3. The summed E-state index contributed by atoms with van der Waals surface area (Å²) in [6.07, 6.45) is 3.02. The van der Waals surface area contributed by atoms with E-state index in [0.717, 1.165) is 0 Å². The SMILES string of the molecule is CC(=O)NCC(C)Nc1cncc(Oc2ccc(F)cc2)n1. The third-order valence-corrected chi connectivity index (χ3v) is 2.70. The highest BCUT2D eigenvalue weighted by Crippen LogP contribution is 2.20. The lowest BCUT2D eigenvalue weighted by Gasteiger charge is -2.15. The second-order valence-corrected chi connectivity index (χ2v) is 4.78. The zero-order valence-corrected chi connectivity index (χ0v) is 12.3. The summed E-state index contributed by atoms with van der Waals surface area (Å²) in [5.74, 6) is 0.869. The molecule has 0 radical (unpaired) electrons. The number of aromatic nitrogens is 2. The molecule has 6 nitrogen and oxygen atoms in total. The van der Waals surface area contributed by atoms with Crippen molar-refractivity contribution in [2.24, 2.45) is 0 Å². The van der Waals surface area contributed by atoms with Crippen molar-refractivity contribution >= 4 is 11.7 Å². The molecule has 0 aliphatic heterocycles. The molecule has 1 aromatic carbocycles. The number of anilines is 1. The lowest BCUT2D eigenvalue weighted by atomic mass is 10.3. The van der Waals surface area contributed by atoms with Crippen LogP contribution in [-0.2, 0) is 4.79 Å². The average Bonchev–Trinajstić information content (AvgIpc) is 2.48. The van der Waals surface area contributed by atoms with Crippen LogP contribution < -0.4 is 15.4 Å². The van der Waals surface area contributed by atoms with E-state index in [2.05, 4.69) is 20.6 Å². The van der Waals surface area contributed by atoms with Gasteiger partial charge in [-0.25, -0.2) is 4.39 Å². The maximum Gasteiger partial charge on any atom is 0.239 e. The lowest BCUT2D eigenvalue weighted by molar-refractivity contribution is -0.118. The van der Waals surface area contributed by atoms with Crippen LogP contribution in [0.4, 0.5) is 10.2 Å². The molecule has 7 heteroatoms. The molecule has 0 spiro atoms. The van der Waals surface area contributed by atoms with Gasteiger partial charge in [0.15, 0.2) is 0 Å². The first-order chi connectivity index (χ1) is 10.5. The van der Waals surface area contributed by atoms with Crippen molar-refractivity contribution in [2.75, 3.05) is 11.9 Å². The van der Waals surface area contributed by atoms with Gasteiger partial charge in [-0.15, -0.1) is 0 Å². The van der Waals surface area contributed by atoms with Crippen molar-refractivity contribution in [3.8, 4) is 11.6 Å². The summed E-state index contributed by atoms with van der Waals surface area (Å²) in [6, 6.07) is 5.62. The summed E-state index contributed by atoms with van der Waals surface area (Å²) in [5.41, 5.74) is 0.